The lowest BCUT2D eigenvalue weighted by Crippen LogP contribution is -2.47. The first-order valence-electron chi connectivity index (χ1n) is 7.42. The topological polar surface area (TPSA) is 15.3 Å². The summed E-state index contributed by atoms with van der Waals surface area (Å²) in [5.74, 6) is 0. The highest BCUT2D eigenvalue weighted by Crippen LogP contribution is 2.19. The zero-order valence-corrected chi connectivity index (χ0v) is 13.1. The van der Waals surface area contributed by atoms with Gasteiger partial charge in [0, 0.05) is 24.7 Å². The van der Waals surface area contributed by atoms with Crippen LogP contribution >= 0.6 is 0 Å². The largest absolute Gasteiger partial charge is 0.310 e. The van der Waals surface area contributed by atoms with Gasteiger partial charge in [-0.25, -0.2) is 0 Å². The SMILES string of the molecule is Cc1cc(C)cc(CN2CC(C)(C)NCCC2C)c1. The van der Waals surface area contributed by atoms with E-state index in [1.165, 1.54) is 23.1 Å². The number of hydrogen-bond donors (Lipinski definition) is 1. The normalized spacial score (nSPS) is 24.2. The minimum absolute atomic E-state index is 0.212. The molecule has 0 amide bonds. The number of nitrogens with zero attached hydrogens (tertiary/aromatic N) is 1. The van der Waals surface area contributed by atoms with E-state index in [4.69, 9.17) is 0 Å². The molecule has 0 saturated carbocycles. The molecule has 0 aromatic heterocycles. The first kappa shape index (κ1) is 14.5. The van der Waals surface area contributed by atoms with E-state index in [2.05, 4.69) is 63.0 Å². The van der Waals surface area contributed by atoms with Gasteiger partial charge in [-0.05, 0) is 53.1 Å². The van der Waals surface area contributed by atoms with Crippen LogP contribution in [0.5, 0.6) is 0 Å². The van der Waals surface area contributed by atoms with Crippen molar-refractivity contribution in [3.8, 4) is 0 Å². The van der Waals surface area contributed by atoms with Crippen molar-refractivity contribution in [3.05, 3.63) is 34.9 Å². The molecular weight excluding hydrogens is 232 g/mol. The summed E-state index contributed by atoms with van der Waals surface area (Å²) in [4.78, 5) is 2.62. The molecule has 2 heteroatoms. The van der Waals surface area contributed by atoms with E-state index in [0.29, 0.717) is 6.04 Å². The number of benzene rings is 1. The number of nitrogens with one attached hydrogen (secondary N) is 1. The quantitative estimate of drug-likeness (QED) is 0.878. The summed E-state index contributed by atoms with van der Waals surface area (Å²) < 4.78 is 0. The molecule has 2 rings (SSSR count). The average molecular weight is 260 g/mol. The van der Waals surface area contributed by atoms with Gasteiger partial charge in [0.15, 0.2) is 0 Å². The molecule has 1 N–H and O–H groups in total. The Kier molecular flexibility index (Phi) is 4.32. The summed E-state index contributed by atoms with van der Waals surface area (Å²) >= 11 is 0. The summed E-state index contributed by atoms with van der Waals surface area (Å²) in [5, 5.41) is 3.65. The molecule has 1 aliphatic heterocycles. The van der Waals surface area contributed by atoms with Crippen LogP contribution in [-0.2, 0) is 6.54 Å². The van der Waals surface area contributed by atoms with Crippen LogP contribution in [0.3, 0.4) is 0 Å². The van der Waals surface area contributed by atoms with Crippen LogP contribution in [-0.4, -0.2) is 29.6 Å². The van der Waals surface area contributed by atoms with Crippen LogP contribution < -0.4 is 5.32 Å². The summed E-state index contributed by atoms with van der Waals surface area (Å²) in [6, 6.07) is 7.55. The molecule has 106 valence electrons. The van der Waals surface area contributed by atoms with Crippen LogP contribution in [0.2, 0.25) is 0 Å². The molecule has 1 heterocycles. The van der Waals surface area contributed by atoms with Crippen LogP contribution in [0.4, 0.5) is 0 Å². The maximum atomic E-state index is 3.65. The smallest absolute Gasteiger partial charge is 0.0252 e. The Morgan fingerprint density at radius 1 is 1.21 bits per heavy atom. The van der Waals surface area contributed by atoms with Crippen LogP contribution in [0.15, 0.2) is 18.2 Å². The molecule has 0 bridgehead atoms. The fraction of sp³-hybridized carbons (Fsp3) is 0.647. The molecule has 0 aliphatic carbocycles. The van der Waals surface area contributed by atoms with E-state index in [0.717, 1.165) is 19.6 Å². The Morgan fingerprint density at radius 3 is 2.47 bits per heavy atom. The minimum atomic E-state index is 0.212. The number of aryl methyl sites for hydroxylation is 2. The van der Waals surface area contributed by atoms with Crippen molar-refractivity contribution in [2.45, 2.75) is 59.2 Å². The second kappa shape index (κ2) is 5.64. The molecule has 1 unspecified atom stereocenters. The van der Waals surface area contributed by atoms with Crippen molar-refractivity contribution in [1.82, 2.24) is 10.2 Å². The summed E-state index contributed by atoms with van der Waals surface area (Å²) in [6.45, 7) is 14.6. The van der Waals surface area contributed by atoms with Gasteiger partial charge >= 0.3 is 0 Å². The Hall–Kier alpha value is -0.860. The highest BCUT2D eigenvalue weighted by Gasteiger charge is 2.27. The molecule has 0 radical (unpaired) electrons. The van der Waals surface area contributed by atoms with Gasteiger partial charge in [0.05, 0.1) is 0 Å². The summed E-state index contributed by atoms with van der Waals surface area (Å²) in [5.41, 5.74) is 4.40. The monoisotopic (exact) mass is 260 g/mol. The van der Waals surface area contributed by atoms with Crippen LogP contribution in [0.25, 0.3) is 0 Å². The van der Waals surface area contributed by atoms with Crippen molar-refractivity contribution in [2.24, 2.45) is 0 Å². The Bertz CT molecular complexity index is 417. The Morgan fingerprint density at radius 2 is 1.84 bits per heavy atom. The van der Waals surface area contributed by atoms with E-state index < -0.39 is 0 Å². The maximum Gasteiger partial charge on any atom is 0.0252 e. The summed E-state index contributed by atoms with van der Waals surface area (Å²) in [6.07, 6.45) is 1.23. The van der Waals surface area contributed by atoms with Gasteiger partial charge in [-0.2, -0.15) is 0 Å². The molecular formula is C17H28N2. The fourth-order valence-electron chi connectivity index (χ4n) is 3.13. The molecule has 0 spiro atoms. The lowest BCUT2D eigenvalue weighted by molar-refractivity contribution is 0.173. The van der Waals surface area contributed by atoms with Crippen molar-refractivity contribution < 1.29 is 0 Å². The van der Waals surface area contributed by atoms with E-state index in [1.54, 1.807) is 0 Å². The van der Waals surface area contributed by atoms with Gasteiger partial charge in [0.1, 0.15) is 0 Å². The van der Waals surface area contributed by atoms with Gasteiger partial charge in [-0.15, -0.1) is 0 Å². The molecule has 1 aromatic rings. The third-order valence-corrected chi connectivity index (χ3v) is 4.05. The zero-order chi connectivity index (χ0) is 14.0. The predicted octanol–water partition coefficient (Wildman–Crippen LogP) is 3.27. The highest BCUT2D eigenvalue weighted by atomic mass is 15.2. The summed E-state index contributed by atoms with van der Waals surface area (Å²) in [7, 11) is 0. The minimum Gasteiger partial charge on any atom is -0.310 e. The first-order chi connectivity index (χ1) is 8.85. The van der Waals surface area contributed by atoms with Gasteiger partial charge in [-0.1, -0.05) is 29.3 Å². The van der Waals surface area contributed by atoms with E-state index in [1.807, 2.05) is 0 Å². The van der Waals surface area contributed by atoms with Crippen LogP contribution in [0.1, 0.15) is 43.9 Å². The van der Waals surface area contributed by atoms with Gasteiger partial charge in [0.25, 0.3) is 0 Å². The molecule has 19 heavy (non-hydrogen) atoms. The number of rotatable bonds is 2. The Balaban J connectivity index is 2.15. The van der Waals surface area contributed by atoms with Crippen molar-refractivity contribution in [1.29, 1.82) is 0 Å². The fourth-order valence-corrected chi connectivity index (χ4v) is 3.13. The second-order valence-corrected chi connectivity index (χ2v) is 6.85. The third-order valence-electron chi connectivity index (χ3n) is 4.05. The first-order valence-corrected chi connectivity index (χ1v) is 7.42. The predicted molar refractivity (Wildman–Crippen MR) is 82.5 cm³/mol. The standard InChI is InChI=1S/C17H28N2/c1-13-8-14(2)10-16(9-13)11-19-12-17(4,5)18-7-6-15(19)3/h8-10,15,18H,6-7,11-12H2,1-5H3. The van der Waals surface area contributed by atoms with Gasteiger partial charge < -0.3 is 5.32 Å². The average Bonchev–Trinajstić information content (AvgIpc) is 2.36. The second-order valence-electron chi connectivity index (χ2n) is 6.85. The zero-order valence-electron chi connectivity index (χ0n) is 13.1. The van der Waals surface area contributed by atoms with Crippen LogP contribution in [0, 0.1) is 13.8 Å². The van der Waals surface area contributed by atoms with E-state index in [-0.39, 0.29) is 5.54 Å². The number of hydrogen-bond acceptors (Lipinski definition) is 2. The van der Waals surface area contributed by atoms with Gasteiger partial charge in [0.2, 0.25) is 0 Å². The molecule has 1 aromatic carbocycles. The van der Waals surface area contributed by atoms with Crippen molar-refractivity contribution >= 4 is 0 Å². The Labute approximate surface area is 118 Å². The lowest BCUT2D eigenvalue weighted by Gasteiger charge is -2.33. The van der Waals surface area contributed by atoms with Crippen molar-refractivity contribution in [3.63, 3.8) is 0 Å². The van der Waals surface area contributed by atoms with Gasteiger partial charge in [-0.3, -0.25) is 4.90 Å². The molecule has 1 fully saturated rings. The molecule has 1 saturated heterocycles. The third kappa shape index (κ3) is 4.05. The van der Waals surface area contributed by atoms with Crippen molar-refractivity contribution in [2.75, 3.05) is 13.1 Å². The molecule has 2 nitrogen and oxygen atoms in total. The van der Waals surface area contributed by atoms with E-state index in [9.17, 15) is 0 Å². The molecule has 1 aliphatic rings. The lowest BCUT2D eigenvalue weighted by atomic mass is 10.0. The van der Waals surface area contributed by atoms with E-state index >= 15 is 0 Å². The highest BCUT2D eigenvalue weighted by molar-refractivity contribution is 5.28. The molecule has 1 atom stereocenters. The maximum absolute atomic E-state index is 3.65.